The van der Waals surface area contributed by atoms with E-state index in [1.165, 1.54) is 21.1 Å². The highest BCUT2D eigenvalue weighted by Gasteiger charge is 2.32. The maximum atomic E-state index is 12.5. The number of nitrogens with zero attached hydrogens (tertiary/aromatic N) is 4. The molecule has 1 aliphatic heterocycles. The third-order valence-electron chi connectivity index (χ3n) is 3.80. The van der Waals surface area contributed by atoms with Crippen LogP contribution in [0.25, 0.3) is 5.69 Å². The molecule has 0 N–H and O–H groups in total. The van der Waals surface area contributed by atoms with Gasteiger partial charge in [-0.05, 0) is 12.1 Å². The quantitative estimate of drug-likeness (QED) is 0.668. The molecule has 0 fully saturated rings. The summed E-state index contributed by atoms with van der Waals surface area (Å²) in [6.45, 7) is 8.19. The highest BCUT2D eigenvalue weighted by Crippen LogP contribution is 2.19. The first kappa shape index (κ1) is 20.3. The van der Waals surface area contributed by atoms with Crippen LogP contribution in [-0.2, 0) is 20.6 Å². The molecule has 0 radical (unpaired) electrons. The van der Waals surface area contributed by atoms with Crippen LogP contribution in [0.15, 0.2) is 33.9 Å². The number of hydrogen-bond donors (Lipinski definition) is 0. The Hall–Kier alpha value is -2.70. The fourth-order valence-corrected chi connectivity index (χ4v) is 2.59. The number of aromatic nitrogens is 3. The van der Waals surface area contributed by atoms with E-state index in [2.05, 4.69) is 0 Å². The number of amides is 1. The van der Waals surface area contributed by atoms with Crippen molar-refractivity contribution in [1.82, 2.24) is 14.0 Å². The van der Waals surface area contributed by atoms with Gasteiger partial charge in [0.1, 0.15) is 12.2 Å². The molecular formula is C18H27N4O3+. The largest absolute Gasteiger partial charge is 0.453 e. The number of carbonyl (C=O) groups excluding carboxylic acids is 1. The first-order valence-corrected chi connectivity index (χ1v) is 8.49. The van der Waals surface area contributed by atoms with Crippen molar-refractivity contribution in [3.63, 3.8) is 0 Å². The summed E-state index contributed by atoms with van der Waals surface area (Å²) in [6.07, 6.45) is 0. The monoisotopic (exact) mass is 347 g/mol. The molecule has 0 unspecified atom stereocenters. The molecule has 1 aromatic heterocycles. The van der Waals surface area contributed by atoms with Crippen molar-refractivity contribution >= 4 is 5.91 Å². The topological polar surface area (TPSA) is 68.2 Å². The van der Waals surface area contributed by atoms with Crippen LogP contribution >= 0.6 is 0 Å². The molecule has 7 heteroatoms. The molecule has 1 aliphatic rings. The fraction of sp³-hybridized carbons (Fsp3) is 0.444. The Bertz CT molecular complexity index is 881. The SMILES string of the molecule is CC.CC.CN1Cc2n(c(=O)n(C)c(=O)[n+]2C)-c2ccccc2C1=O. The molecule has 0 saturated heterocycles. The second kappa shape index (κ2) is 8.41. The van der Waals surface area contributed by atoms with E-state index in [9.17, 15) is 14.4 Å². The molecule has 1 amide bonds. The lowest BCUT2D eigenvalue weighted by Gasteiger charge is -2.13. The molecule has 7 nitrogen and oxygen atoms in total. The van der Waals surface area contributed by atoms with Gasteiger partial charge in [-0.1, -0.05) is 39.8 Å². The summed E-state index contributed by atoms with van der Waals surface area (Å²) in [7, 11) is 4.67. The van der Waals surface area contributed by atoms with Crippen molar-refractivity contribution < 1.29 is 9.36 Å². The average molecular weight is 347 g/mol. The standard InChI is InChI=1S/C14H15N4O3.2C2H6/c1-15-8-11-16(2)13(20)17(3)14(21)18(11)10-7-5-4-6-9(10)12(15)19;2*1-2/h4-7H,8H2,1-3H3;2*1-2H3/q+1;;. The third-order valence-corrected chi connectivity index (χ3v) is 3.80. The van der Waals surface area contributed by atoms with Crippen LogP contribution < -0.4 is 15.9 Å². The van der Waals surface area contributed by atoms with Gasteiger partial charge in [0.25, 0.3) is 5.91 Å². The van der Waals surface area contributed by atoms with E-state index in [1.807, 2.05) is 27.7 Å². The van der Waals surface area contributed by atoms with E-state index >= 15 is 0 Å². The first-order chi connectivity index (χ1) is 11.9. The minimum Gasteiger partial charge on any atom is -0.331 e. The van der Waals surface area contributed by atoms with Crippen LogP contribution in [0, 0.1) is 0 Å². The Morgan fingerprint density at radius 1 is 0.960 bits per heavy atom. The second-order valence-corrected chi connectivity index (χ2v) is 5.11. The number of rotatable bonds is 0. The highest BCUT2D eigenvalue weighted by atomic mass is 16.2. The maximum Gasteiger partial charge on any atom is 0.453 e. The average Bonchev–Trinajstić information content (AvgIpc) is 2.77. The van der Waals surface area contributed by atoms with E-state index in [-0.39, 0.29) is 12.5 Å². The van der Waals surface area contributed by atoms with E-state index in [1.54, 1.807) is 38.4 Å². The lowest BCUT2D eigenvalue weighted by Crippen LogP contribution is -2.61. The summed E-state index contributed by atoms with van der Waals surface area (Å²) in [5, 5.41) is 0. The van der Waals surface area contributed by atoms with Gasteiger partial charge in [0.2, 0.25) is 5.82 Å². The van der Waals surface area contributed by atoms with Gasteiger partial charge in [0.05, 0.1) is 19.7 Å². The Kier molecular flexibility index (Phi) is 6.85. The summed E-state index contributed by atoms with van der Waals surface area (Å²) in [5.74, 6) is 0.299. The molecule has 0 aliphatic carbocycles. The van der Waals surface area contributed by atoms with Crippen molar-refractivity contribution in [3.8, 4) is 5.69 Å². The zero-order valence-electron chi connectivity index (χ0n) is 16.0. The Labute approximate surface area is 147 Å². The van der Waals surface area contributed by atoms with Gasteiger partial charge >= 0.3 is 11.4 Å². The van der Waals surface area contributed by atoms with Gasteiger partial charge < -0.3 is 4.90 Å². The minimum atomic E-state index is -0.455. The normalized spacial score (nSPS) is 12.0. The van der Waals surface area contributed by atoms with E-state index in [4.69, 9.17) is 0 Å². The van der Waals surface area contributed by atoms with Crippen molar-refractivity contribution in [3.05, 3.63) is 56.6 Å². The van der Waals surface area contributed by atoms with Gasteiger partial charge in [-0.3, -0.25) is 4.79 Å². The minimum absolute atomic E-state index is 0.177. The molecular weight excluding hydrogens is 320 g/mol. The maximum absolute atomic E-state index is 12.5. The third kappa shape index (κ3) is 3.40. The Morgan fingerprint density at radius 3 is 2.12 bits per heavy atom. The van der Waals surface area contributed by atoms with Crippen molar-refractivity contribution in [2.45, 2.75) is 34.2 Å². The number of benzene rings is 1. The zero-order chi connectivity index (χ0) is 19.3. The lowest BCUT2D eigenvalue weighted by molar-refractivity contribution is -0.703. The summed E-state index contributed by atoms with van der Waals surface area (Å²) in [6, 6.07) is 6.91. The van der Waals surface area contributed by atoms with Gasteiger partial charge in [0.15, 0.2) is 0 Å². The van der Waals surface area contributed by atoms with E-state index in [0.717, 1.165) is 4.57 Å². The van der Waals surface area contributed by atoms with Gasteiger partial charge in [-0.2, -0.15) is 9.13 Å². The van der Waals surface area contributed by atoms with Crippen LogP contribution in [-0.4, -0.2) is 27.0 Å². The van der Waals surface area contributed by atoms with Gasteiger partial charge in [-0.25, -0.2) is 14.2 Å². The first-order valence-electron chi connectivity index (χ1n) is 8.49. The molecule has 1 aromatic carbocycles. The van der Waals surface area contributed by atoms with Crippen LogP contribution in [0.5, 0.6) is 0 Å². The number of para-hydroxylation sites is 1. The number of carbonyl (C=O) groups is 1. The predicted molar refractivity (Wildman–Crippen MR) is 96.9 cm³/mol. The Balaban J connectivity index is 0.000000730. The predicted octanol–water partition coefficient (Wildman–Crippen LogP) is 0.999. The molecule has 2 heterocycles. The van der Waals surface area contributed by atoms with Crippen LogP contribution in [0.3, 0.4) is 0 Å². The molecule has 0 atom stereocenters. The number of hydrogen-bond acceptors (Lipinski definition) is 3. The van der Waals surface area contributed by atoms with E-state index in [0.29, 0.717) is 17.1 Å². The van der Waals surface area contributed by atoms with Gasteiger partial charge in [-0.15, -0.1) is 0 Å². The zero-order valence-corrected chi connectivity index (χ0v) is 16.0. The second-order valence-electron chi connectivity index (χ2n) is 5.11. The van der Waals surface area contributed by atoms with Crippen molar-refractivity contribution in [2.75, 3.05) is 7.05 Å². The van der Waals surface area contributed by atoms with Gasteiger partial charge in [0, 0.05) is 7.05 Å². The van der Waals surface area contributed by atoms with Crippen LogP contribution in [0.4, 0.5) is 0 Å². The molecule has 0 bridgehead atoms. The smallest absolute Gasteiger partial charge is 0.331 e. The molecule has 0 saturated carbocycles. The lowest BCUT2D eigenvalue weighted by atomic mass is 10.1. The van der Waals surface area contributed by atoms with Crippen LogP contribution in [0.2, 0.25) is 0 Å². The number of fused-ring (bicyclic) bond motifs is 3. The molecule has 3 rings (SSSR count). The van der Waals surface area contributed by atoms with E-state index < -0.39 is 11.4 Å². The Morgan fingerprint density at radius 2 is 1.52 bits per heavy atom. The summed E-state index contributed by atoms with van der Waals surface area (Å²) < 4.78 is 3.86. The summed E-state index contributed by atoms with van der Waals surface area (Å²) in [5.41, 5.74) is 0.0766. The van der Waals surface area contributed by atoms with Crippen molar-refractivity contribution in [1.29, 1.82) is 0 Å². The summed E-state index contributed by atoms with van der Waals surface area (Å²) >= 11 is 0. The van der Waals surface area contributed by atoms with Crippen LogP contribution in [0.1, 0.15) is 43.9 Å². The fourth-order valence-electron chi connectivity index (χ4n) is 2.59. The molecule has 25 heavy (non-hydrogen) atoms. The summed E-state index contributed by atoms with van der Waals surface area (Å²) in [4.78, 5) is 38.5. The molecule has 0 spiro atoms. The molecule has 2 aromatic rings. The highest BCUT2D eigenvalue weighted by molar-refractivity contribution is 5.98. The molecule has 136 valence electrons. The van der Waals surface area contributed by atoms with Crippen molar-refractivity contribution in [2.24, 2.45) is 14.1 Å².